The molecular weight excluding hydrogens is 204 g/mol. The standard InChI is InChI=1S/C12H24N2O2/c1-4-6-14(7-5-2)11(15)12(3)9-16-8-10(12)13/h10H,4-9,13H2,1-3H3. The molecule has 2 atom stereocenters. The average molecular weight is 228 g/mol. The molecule has 16 heavy (non-hydrogen) atoms. The van der Waals surface area contributed by atoms with E-state index in [0.29, 0.717) is 13.2 Å². The van der Waals surface area contributed by atoms with E-state index in [1.54, 1.807) is 0 Å². The van der Waals surface area contributed by atoms with Gasteiger partial charge in [-0.05, 0) is 19.8 Å². The van der Waals surface area contributed by atoms with Crippen LogP contribution in [0.5, 0.6) is 0 Å². The normalized spacial score (nSPS) is 29.4. The number of nitrogens with two attached hydrogens (primary N) is 1. The van der Waals surface area contributed by atoms with Gasteiger partial charge in [0.05, 0.1) is 18.6 Å². The summed E-state index contributed by atoms with van der Waals surface area (Å²) >= 11 is 0. The second-order valence-electron chi connectivity index (χ2n) is 4.83. The number of carbonyl (C=O) groups is 1. The second-order valence-corrected chi connectivity index (χ2v) is 4.83. The Kier molecular flexibility index (Phi) is 4.74. The second kappa shape index (κ2) is 5.64. The fourth-order valence-corrected chi connectivity index (χ4v) is 2.13. The first-order valence-corrected chi connectivity index (χ1v) is 6.19. The quantitative estimate of drug-likeness (QED) is 0.763. The largest absolute Gasteiger partial charge is 0.379 e. The van der Waals surface area contributed by atoms with Gasteiger partial charge in [0.1, 0.15) is 0 Å². The topological polar surface area (TPSA) is 55.6 Å². The molecule has 0 radical (unpaired) electrons. The van der Waals surface area contributed by atoms with Crippen LogP contribution in [0.1, 0.15) is 33.6 Å². The molecule has 1 amide bonds. The third-order valence-electron chi connectivity index (χ3n) is 3.28. The Balaban J connectivity index is 2.72. The lowest BCUT2D eigenvalue weighted by Gasteiger charge is -2.33. The van der Waals surface area contributed by atoms with Crippen molar-refractivity contribution in [1.82, 2.24) is 4.90 Å². The van der Waals surface area contributed by atoms with Gasteiger partial charge in [-0.3, -0.25) is 4.79 Å². The summed E-state index contributed by atoms with van der Waals surface area (Å²) in [4.78, 5) is 14.3. The minimum atomic E-state index is -0.523. The van der Waals surface area contributed by atoms with Crippen LogP contribution in [0.2, 0.25) is 0 Å². The molecule has 1 rings (SSSR count). The van der Waals surface area contributed by atoms with Crippen LogP contribution < -0.4 is 5.73 Å². The van der Waals surface area contributed by atoms with Crippen LogP contribution in [-0.4, -0.2) is 43.2 Å². The van der Waals surface area contributed by atoms with Gasteiger partial charge in [-0.1, -0.05) is 13.8 Å². The number of amides is 1. The lowest BCUT2D eigenvalue weighted by atomic mass is 9.84. The molecule has 1 aliphatic heterocycles. The van der Waals surface area contributed by atoms with E-state index in [1.165, 1.54) is 0 Å². The van der Waals surface area contributed by atoms with Crippen molar-refractivity contribution in [2.24, 2.45) is 11.1 Å². The zero-order chi connectivity index (χ0) is 12.2. The van der Waals surface area contributed by atoms with Crippen LogP contribution in [0, 0.1) is 5.41 Å². The molecule has 1 fully saturated rings. The van der Waals surface area contributed by atoms with Crippen LogP contribution in [0.15, 0.2) is 0 Å². The lowest BCUT2D eigenvalue weighted by molar-refractivity contribution is -0.141. The van der Waals surface area contributed by atoms with Crippen LogP contribution in [0.4, 0.5) is 0 Å². The summed E-state index contributed by atoms with van der Waals surface area (Å²) in [6, 6.07) is -0.170. The van der Waals surface area contributed by atoms with Gasteiger partial charge < -0.3 is 15.4 Å². The summed E-state index contributed by atoms with van der Waals surface area (Å²) in [5.74, 6) is 0.154. The van der Waals surface area contributed by atoms with Gasteiger partial charge in [0.25, 0.3) is 0 Å². The molecule has 94 valence electrons. The molecule has 4 heteroatoms. The summed E-state index contributed by atoms with van der Waals surface area (Å²) < 4.78 is 5.33. The van der Waals surface area contributed by atoms with E-state index in [4.69, 9.17) is 10.5 Å². The number of ether oxygens (including phenoxy) is 1. The van der Waals surface area contributed by atoms with E-state index in [0.717, 1.165) is 25.9 Å². The summed E-state index contributed by atoms with van der Waals surface area (Å²) in [5.41, 5.74) is 5.45. The summed E-state index contributed by atoms with van der Waals surface area (Å²) in [6.07, 6.45) is 1.97. The zero-order valence-corrected chi connectivity index (χ0v) is 10.7. The minimum absolute atomic E-state index is 0.154. The molecule has 0 aromatic heterocycles. The molecule has 2 N–H and O–H groups in total. The number of rotatable bonds is 5. The number of hydrogen-bond acceptors (Lipinski definition) is 3. The number of carbonyl (C=O) groups excluding carboxylic acids is 1. The smallest absolute Gasteiger partial charge is 0.232 e. The predicted octanol–water partition coefficient (Wildman–Crippen LogP) is 0.999. The predicted molar refractivity (Wildman–Crippen MR) is 64.1 cm³/mol. The Labute approximate surface area is 98.1 Å². The Bertz CT molecular complexity index is 239. The fourth-order valence-electron chi connectivity index (χ4n) is 2.13. The van der Waals surface area contributed by atoms with Crippen molar-refractivity contribution in [2.75, 3.05) is 26.3 Å². The van der Waals surface area contributed by atoms with Crippen molar-refractivity contribution in [2.45, 2.75) is 39.7 Å². The van der Waals surface area contributed by atoms with E-state index >= 15 is 0 Å². The molecule has 0 aliphatic carbocycles. The maximum Gasteiger partial charge on any atom is 0.232 e. The Hall–Kier alpha value is -0.610. The highest BCUT2D eigenvalue weighted by atomic mass is 16.5. The molecule has 2 unspecified atom stereocenters. The molecule has 4 nitrogen and oxygen atoms in total. The molecular formula is C12H24N2O2. The van der Waals surface area contributed by atoms with E-state index < -0.39 is 5.41 Å². The van der Waals surface area contributed by atoms with Crippen LogP contribution in [0.3, 0.4) is 0 Å². The number of nitrogens with zero attached hydrogens (tertiary/aromatic N) is 1. The number of hydrogen-bond donors (Lipinski definition) is 1. The summed E-state index contributed by atoms with van der Waals surface area (Å²) in [6.45, 7) is 8.67. The maximum absolute atomic E-state index is 12.4. The van der Waals surface area contributed by atoms with Gasteiger partial charge in [-0.2, -0.15) is 0 Å². The molecule has 0 aromatic rings. The van der Waals surface area contributed by atoms with E-state index in [-0.39, 0.29) is 11.9 Å². The van der Waals surface area contributed by atoms with Crippen LogP contribution in [-0.2, 0) is 9.53 Å². The average Bonchev–Trinajstić information content (AvgIpc) is 2.59. The first-order valence-electron chi connectivity index (χ1n) is 6.19. The van der Waals surface area contributed by atoms with Gasteiger partial charge in [0.15, 0.2) is 0 Å². The first kappa shape index (κ1) is 13.5. The molecule has 1 heterocycles. The van der Waals surface area contributed by atoms with Crippen molar-refractivity contribution in [3.8, 4) is 0 Å². The van der Waals surface area contributed by atoms with Crippen molar-refractivity contribution < 1.29 is 9.53 Å². The van der Waals surface area contributed by atoms with Gasteiger partial charge in [-0.25, -0.2) is 0 Å². The first-order chi connectivity index (χ1) is 7.56. The Morgan fingerprint density at radius 1 is 1.44 bits per heavy atom. The highest BCUT2D eigenvalue weighted by Crippen LogP contribution is 2.29. The highest BCUT2D eigenvalue weighted by molar-refractivity contribution is 5.83. The van der Waals surface area contributed by atoms with E-state index in [9.17, 15) is 4.79 Å². The zero-order valence-electron chi connectivity index (χ0n) is 10.7. The van der Waals surface area contributed by atoms with Crippen molar-refractivity contribution in [3.05, 3.63) is 0 Å². The monoisotopic (exact) mass is 228 g/mol. The summed E-state index contributed by atoms with van der Waals surface area (Å²) in [7, 11) is 0. The molecule has 0 bridgehead atoms. The van der Waals surface area contributed by atoms with Gasteiger partial charge >= 0.3 is 0 Å². The third kappa shape index (κ3) is 2.55. The molecule has 1 saturated heterocycles. The lowest BCUT2D eigenvalue weighted by Crippen LogP contribution is -2.51. The van der Waals surface area contributed by atoms with Gasteiger partial charge in [0.2, 0.25) is 5.91 Å². The Morgan fingerprint density at radius 2 is 2.00 bits per heavy atom. The van der Waals surface area contributed by atoms with Crippen molar-refractivity contribution in [3.63, 3.8) is 0 Å². The van der Waals surface area contributed by atoms with Gasteiger partial charge in [0, 0.05) is 19.1 Å². The van der Waals surface area contributed by atoms with Crippen molar-refractivity contribution in [1.29, 1.82) is 0 Å². The minimum Gasteiger partial charge on any atom is -0.379 e. The molecule has 1 aliphatic rings. The highest BCUT2D eigenvalue weighted by Gasteiger charge is 2.46. The third-order valence-corrected chi connectivity index (χ3v) is 3.28. The molecule has 0 aromatic carbocycles. The van der Waals surface area contributed by atoms with Crippen molar-refractivity contribution >= 4 is 5.91 Å². The fraction of sp³-hybridized carbons (Fsp3) is 0.917. The van der Waals surface area contributed by atoms with Gasteiger partial charge in [-0.15, -0.1) is 0 Å². The van der Waals surface area contributed by atoms with E-state index in [1.807, 2.05) is 11.8 Å². The molecule has 0 spiro atoms. The maximum atomic E-state index is 12.4. The van der Waals surface area contributed by atoms with Crippen LogP contribution >= 0.6 is 0 Å². The summed E-state index contributed by atoms with van der Waals surface area (Å²) in [5, 5.41) is 0. The Morgan fingerprint density at radius 3 is 2.38 bits per heavy atom. The van der Waals surface area contributed by atoms with Crippen LogP contribution in [0.25, 0.3) is 0 Å². The van der Waals surface area contributed by atoms with E-state index in [2.05, 4.69) is 13.8 Å². The SMILES string of the molecule is CCCN(CCC)C(=O)C1(C)COCC1N. The molecule has 0 saturated carbocycles.